The predicted molar refractivity (Wildman–Crippen MR) is 78.6 cm³/mol. The summed E-state index contributed by atoms with van der Waals surface area (Å²) in [7, 11) is -3.69. The van der Waals surface area contributed by atoms with Crippen LogP contribution in [0.4, 0.5) is 5.69 Å². The smallest absolute Gasteiger partial charge is 0.280 e. The first-order valence-corrected chi connectivity index (χ1v) is 7.98. The van der Waals surface area contributed by atoms with Crippen molar-refractivity contribution >= 4 is 21.2 Å². The fourth-order valence-corrected chi connectivity index (χ4v) is 3.18. The van der Waals surface area contributed by atoms with Crippen molar-refractivity contribution < 1.29 is 8.42 Å². The quantitative estimate of drug-likeness (QED) is 0.795. The molecule has 0 aliphatic rings. The average Bonchev–Trinajstić information content (AvgIpc) is 3.04. The molecule has 0 aliphatic heterocycles. The van der Waals surface area contributed by atoms with Crippen molar-refractivity contribution in [2.75, 3.05) is 4.72 Å². The average molecular weight is 305 g/mol. The molecule has 0 atom stereocenters. The van der Waals surface area contributed by atoms with Crippen molar-refractivity contribution in [3.8, 4) is 0 Å². The molecule has 7 nitrogen and oxygen atoms in total. The fourth-order valence-electron chi connectivity index (χ4n) is 2.12. The van der Waals surface area contributed by atoms with Crippen LogP contribution in [-0.4, -0.2) is 27.6 Å². The number of fused-ring (bicyclic) bond motifs is 1. The molecule has 0 fully saturated rings. The molecule has 110 valence electrons. The summed E-state index contributed by atoms with van der Waals surface area (Å²) < 4.78 is 30.7. The SMILES string of the molecule is CCn1cc(S(=O)(=O)Nc2ccn3nccc3c2)nc1C. The molecule has 0 amide bonds. The Morgan fingerprint density at radius 1 is 1.33 bits per heavy atom. The van der Waals surface area contributed by atoms with Crippen LogP contribution in [0.2, 0.25) is 0 Å². The molecular weight excluding hydrogens is 290 g/mol. The molecule has 3 aromatic heterocycles. The number of hydrogen-bond donors (Lipinski definition) is 1. The number of anilines is 1. The Labute approximate surface area is 122 Å². The summed E-state index contributed by atoms with van der Waals surface area (Å²) in [6.45, 7) is 4.39. The summed E-state index contributed by atoms with van der Waals surface area (Å²) in [6, 6.07) is 5.17. The summed E-state index contributed by atoms with van der Waals surface area (Å²) in [6.07, 6.45) is 4.89. The van der Waals surface area contributed by atoms with E-state index in [1.807, 2.05) is 6.92 Å². The monoisotopic (exact) mass is 305 g/mol. The van der Waals surface area contributed by atoms with Crippen molar-refractivity contribution in [1.29, 1.82) is 0 Å². The minimum atomic E-state index is -3.69. The van der Waals surface area contributed by atoms with Gasteiger partial charge in [-0.25, -0.2) is 9.50 Å². The van der Waals surface area contributed by atoms with Crippen molar-refractivity contribution in [2.45, 2.75) is 25.4 Å². The van der Waals surface area contributed by atoms with Gasteiger partial charge in [-0.05, 0) is 32.0 Å². The third-order valence-electron chi connectivity index (χ3n) is 3.22. The van der Waals surface area contributed by atoms with Gasteiger partial charge in [-0.1, -0.05) is 0 Å². The molecule has 3 rings (SSSR count). The van der Waals surface area contributed by atoms with E-state index in [-0.39, 0.29) is 5.03 Å². The highest BCUT2D eigenvalue weighted by Crippen LogP contribution is 2.17. The Bertz CT molecular complexity index is 894. The fraction of sp³-hybridized carbons (Fsp3) is 0.231. The van der Waals surface area contributed by atoms with E-state index in [1.54, 1.807) is 46.6 Å². The molecular formula is C13H15N5O2S. The minimum absolute atomic E-state index is 0.0234. The maximum atomic E-state index is 12.3. The van der Waals surface area contributed by atoms with Gasteiger partial charge in [0.05, 0.1) is 11.2 Å². The van der Waals surface area contributed by atoms with E-state index in [9.17, 15) is 8.42 Å². The molecule has 3 heterocycles. The molecule has 3 aromatic rings. The second-order valence-electron chi connectivity index (χ2n) is 4.63. The number of nitrogens with one attached hydrogen (secondary N) is 1. The highest BCUT2D eigenvalue weighted by atomic mass is 32.2. The van der Waals surface area contributed by atoms with E-state index in [1.165, 1.54) is 6.20 Å². The molecule has 0 unspecified atom stereocenters. The highest BCUT2D eigenvalue weighted by Gasteiger charge is 2.19. The Morgan fingerprint density at radius 3 is 2.86 bits per heavy atom. The van der Waals surface area contributed by atoms with E-state index in [4.69, 9.17) is 0 Å². The maximum Gasteiger partial charge on any atom is 0.280 e. The summed E-state index contributed by atoms with van der Waals surface area (Å²) in [5.41, 5.74) is 1.29. The topological polar surface area (TPSA) is 81.3 Å². The summed E-state index contributed by atoms with van der Waals surface area (Å²) in [5.74, 6) is 0.670. The second kappa shape index (κ2) is 4.88. The first kappa shape index (κ1) is 13.6. The van der Waals surface area contributed by atoms with E-state index in [0.717, 1.165) is 5.52 Å². The Morgan fingerprint density at radius 2 is 2.14 bits per heavy atom. The zero-order valence-electron chi connectivity index (χ0n) is 11.7. The lowest BCUT2D eigenvalue weighted by Crippen LogP contribution is -2.13. The van der Waals surface area contributed by atoms with Gasteiger partial charge in [0.1, 0.15) is 5.82 Å². The number of aryl methyl sites for hydroxylation is 2. The van der Waals surface area contributed by atoms with E-state index in [2.05, 4.69) is 14.8 Å². The standard InChI is InChI=1S/C13H15N5O2S/c1-3-17-9-13(15-10(17)2)21(19,20)16-11-5-7-18-12(8-11)4-6-14-18/h4-9,16H,3H2,1-2H3. The summed E-state index contributed by atoms with van der Waals surface area (Å²) >= 11 is 0. The maximum absolute atomic E-state index is 12.3. The van der Waals surface area contributed by atoms with Crippen LogP contribution in [-0.2, 0) is 16.6 Å². The van der Waals surface area contributed by atoms with E-state index >= 15 is 0 Å². The van der Waals surface area contributed by atoms with Gasteiger partial charge in [-0.15, -0.1) is 0 Å². The van der Waals surface area contributed by atoms with E-state index in [0.29, 0.717) is 18.1 Å². The first-order chi connectivity index (χ1) is 9.99. The van der Waals surface area contributed by atoms with Gasteiger partial charge in [0.25, 0.3) is 10.0 Å². The lowest BCUT2D eigenvalue weighted by molar-refractivity contribution is 0.598. The number of pyridine rings is 1. The Balaban J connectivity index is 1.94. The van der Waals surface area contributed by atoms with Gasteiger partial charge in [0.2, 0.25) is 0 Å². The molecule has 0 spiro atoms. The Kier molecular flexibility index (Phi) is 3.17. The van der Waals surface area contributed by atoms with Crippen molar-refractivity contribution in [3.63, 3.8) is 0 Å². The zero-order chi connectivity index (χ0) is 15.0. The van der Waals surface area contributed by atoms with Crippen LogP contribution in [0.3, 0.4) is 0 Å². The molecule has 1 N–H and O–H groups in total. The van der Waals surface area contributed by atoms with E-state index < -0.39 is 10.0 Å². The van der Waals surface area contributed by atoms with Crippen molar-refractivity contribution in [2.24, 2.45) is 0 Å². The van der Waals surface area contributed by atoms with Crippen LogP contribution >= 0.6 is 0 Å². The lowest BCUT2D eigenvalue weighted by Gasteiger charge is -2.06. The van der Waals surface area contributed by atoms with Gasteiger partial charge >= 0.3 is 0 Å². The van der Waals surface area contributed by atoms with Crippen molar-refractivity contribution in [1.82, 2.24) is 19.2 Å². The van der Waals surface area contributed by atoms with Crippen LogP contribution < -0.4 is 4.72 Å². The number of nitrogens with zero attached hydrogens (tertiary/aromatic N) is 4. The van der Waals surface area contributed by atoms with Crippen molar-refractivity contribution in [3.05, 3.63) is 42.6 Å². The number of aromatic nitrogens is 4. The molecule has 8 heteroatoms. The molecule has 0 radical (unpaired) electrons. The van der Waals surface area contributed by atoms with Crippen LogP contribution in [0.5, 0.6) is 0 Å². The lowest BCUT2D eigenvalue weighted by atomic mass is 10.4. The molecule has 0 aromatic carbocycles. The predicted octanol–water partition coefficient (Wildman–Crippen LogP) is 1.66. The van der Waals surface area contributed by atoms with Crippen LogP contribution in [0.1, 0.15) is 12.7 Å². The van der Waals surface area contributed by atoms with Crippen LogP contribution in [0.15, 0.2) is 41.8 Å². The number of rotatable bonds is 4. The third kappa shape index (κ3) is 2.49. The van der Waals surface area contributed by atoms with Gasteiger partial charge in [-0.2, -0.15) is 13.5 Å². The molecule has 0 saturated carbocycles. The summed E-state index contributed by atoms with van der Waals surface area (Å²) in [4.78, 5) is 4.10. The normalized spacial score (nSPS) is 11.9. The molecule has 0 aliphatic carbocycles. The van der Waals surface area contributed by atoms with Gasteiger partial charge < -0.3 is 4.57 Å². The van der Waals surface area contributed by atoms with Crippen LogP contribution in [0, 0.1) is 6.92 Å². The highest BCUT2D eigenvalue weighted by molar-refractivity contribution is 7.92. The minimum Gasteiger partial charge on any atom is -0.334 e. The molecule has 0 saturated heterocycles. The first-order valence-electron chi connectivity index (χ1n) is 6.49. The molecule has 0 bridgehead atoms. The number of imidazole rings is 1. The van der Waals surface area contributed by atoms with Gasteiger partial charge in [-0.3, -0.25) is 4.72 Å². The second-order valence-corrected chi connectivity index (χ2v) is 6.26. The molecule has 21 heavy (non-hydrogen) atoms. The number of sulfonamides is 1. The van der Waals surface area contributed by atoms with Gasteiger partial charge in [0.15, 0.2) is 5.03 Å². The Hall–Kier alpha value is -2.35. The van der Waals surface area contributed by atoms with Gasteiger partial charge in [0, 0.05) is 25.1 Å². The summed E-state index contributed by atoms with van der Waals surface area (Å²) in [5, 5.41) is 4.09. The number of hydrogen-bond acceptors (Lipinski definition) is 4. The van der Waals surface area contributed by atoms with Crippen LogP contribution in [0.25, 0.3) is 5.52 Å². The third-order valence-corrected chi connectivity index (χ3v) is 4.47. The zero-order valence-corrected chi connectivity index (χ0v) is 12.5. The largest absolute Gasteiger partial charge is 0.334 e.